The molecule has 0 aliphatic heterocycles. The standard InChI is InChI=1S/C10H24N2O3S/c1-4-7-8-12(9-10-13)16(14,15)11(5-2)6-3/h13H,4-10H2,1-3H3. The second kappa shape index (κ2) is 8.00. The monoisotopic (exact) mass is 252 g/mol. The minimum Gasteiger partial charge on any atom is -0.395 e. The average Bonchev–Trinajstić information content (AvgIpc) is 2.25. The van der Waals surface area contributed by atoms with E-state index in [-0.39, 0.29) is 13.2 Å². The molecule has 0 radical (unpaired) electrons. The van der Waals surface area contributed by atoms with E-state index in [9.17, 15) is 8.42 Å². The zero-order chi connectivity index (χ0) is 12.6. The molecule has 0 unspecified atom stereocenters. The molecule has 0 fully saturated rings. The number of aliphatic hydroxyl groups is 1. The molecule has 0 heterocycles. The fraction of sp³-hybridized carbons (Fsp3) is 1.00. The van der Waals surface area contributed by atoms with Crippen LogP contribution in [0.5, 0.6) is 0 Å². The quantitative estimate of drug-likeness (QED) is 0.656. The third-order valence-electron chi connectivity index (χ3n) is 2.47. The van der Waals surface area contributed by atoms with Crippen molar-refractivity contribution in [3.8, 4) is 0 Å². The van der Waals surface area contributed by atoms with Gasteiger partial charge in [-0.05, 0) is 6.42 Å². The summed E-state index contributed by atoms with van der Waals surface area (Å²) in [4.78, 5) is 0. The van der Waals surface area contributed by atoms with Crippen molar-refractivity contribution in [3.63, 3.8) is 0 Å². The summed E-state index contributed by atoms with van der Waals surface area (Å²) in [5.74, 6) is 0. The van der Waals surface area contributed by atoms with Gasteiger partial charge in [-0.2, -0.15) is 17.0 Å². The van der Waals surface area contributed by atoms with Crippen LogP contribution in [0.25, 0.3) is 0 Å². The number of rotatable bonds is 9. The Balaban J connectivity index is 4.72. The summed E-state index contributed by atoms with van der Waals surface area (Å²) in [5.41, 5.74) is 0. The summed E-state index contributed by atoms with van der Waals surface area (Å²) in [6.45, 7) is 7.11. The van der Waals surface area contributed by atoms with Crippen molar-refractivity contribution in [1.82, 2.24) is 8.61 Å². The Labute approximate surface area is 99.2 Å². The van der Waals surface area contributed by atoms with Crippen LogP contribution in [0.1, 0.15) is 33.6 Å². The van der Waals surface area contributed by atoms with Crippen LogP contribution in [-0.2, 0) is 10.2 Å². The van der Waals surface area contributed by atoms with E-state index in [1.165, 1.54) is 8.61 Å². The van der Waals surface area contributed by atoms with Crippen molar-refractivity contribution in [2.45, 2.75) is 33.6 Å². The van der Waals surface area contributed by atoms with Crippen LogP contribution in [-0.4, -0.2) is 54.9 Å². The number of hydrogen-bond donors (Lipinski definition) is 1. The molecule has 0 aliphatic carbocycles. The molecule has 0 saturated heterocycles. The highest BCUT2D eigenvalue weighted by Gasteiger charge is 2.26. The molecule has 0 atom stereocenters. The normalized spacial score (nSPS) is 12.6. The molecular weight excluding hydrogens is 228 g/mol. The predicted octanol–water partition coefficient (Wildman–Crippen LogP) is 0.667. The lowest BCUT2D eigenvalue weighted by atomic mass is 10.3. The van der Waals surface area contributed by atoms with Gasteiger partial charge in [0.15, 0.2) is 0 Å². The van der Waals surface area contributed by atoms with E-state index < -0.39 is 10.2 Å². The number of unbranched alkanes of at least 4 members (excludes halogenated alkanes) is 1. The molecule has 0 aromatic heterocycles. The largest absolute Gasteiger partial charge is 0.395 e. The maximum atomic E-state index is 12.1. The van der Waals surface area contributed by atoms with Crippen LogP contribution < -0.4 is 0 Å². The second-order valence-corrected chi connectivity index (χ2v) is 5.50. The number of nitrogens with zero attached hydrogens (tertiary/aromatic N) is 2. The molecule has 16 heavy (non-hydrogen) atoms. The van der Waals surface area contributed by atoms with Crippen LogP contribution >= 0.6 is 0 Å². The number of aliphatic hydroxyl groups excluding tert-OH is 1. The van der Waals surface area contributed by atoms with Gasteiger partial charge in [-0.15, -0.1) is 0 Å². The second-order valence-electron chi connectivity index (χ2n) is 3.57. The third-order valence-corrected chi connectivity index (χ3v) is 4.66. The fourth-order valence-electron chi connectivity index (χ4n) is 1.50. The van der Waals surface area contributed by atoms with Gasteiger partial charge in [0.25, 0.3) is 10.2 Å². The Morgan fingerprint density at radius 3 is 1.94 bits per heavy atom. The molecule has 6 heteroatoms. The summed E-state index contributed by atoms with van der Waals surface area (Å²) in [7, 11) is -3.39. The first kappa shape index (κ1) is 15.8. The molecule has 0 aliphatic rings. The Hall–Kier alpha value is -0.170. The minimum atomic E-state index is -3.39. The summed E-state index contributed by atoms with van der Waals surface area (Å²) >= 11 is 0. The minimum absolute atomic E-state index is 0.135. The van der Waals surface area contributed by atoms with Crippen molar-refractivity contribution >= 4 is 10.2 Å². The average molecular weight is 252 g/mol. The van der Waals surface area contributed by atoms with Gasteiger partial charge in [0.2, 0.25) is 0 Å². The van der Waals surface area contributed by atoms with Gasteiger partial charge in [-0.3, -0.25) is 0 Å². The lowest BCUT2D eigenvalue weighted by Gasteiger charge is -2.27. The van der Waals surface area contributed by atoms with Crippen LogP contribution in [0.4, 0.5) is 0 Å². The Morgan fingerprint density at radius 1 is 1.00 bits per heavy atom. The molecule has 0 bridgehead atoms. The zero-order valence-electron chi connectivity index (χ0n) is 10.5. The molecule has 0 amide bonds. The van der Waals surface area contributed by atoms with Crippen molar-refractivity contribution in [3.05, 3.63) is 0 Å². The van der Waals surface area contributed by atoms with E-state index in [0.29, 0.717) is 19.6 Å². The summed E-state index contributed by atoms with van der Waals surface area (Å²) in [6, 6.07) is 0. The first-order valence-corrected chi connectivity index (χ1v) is 7.30. The van der Waals surface area contributed by atoms with Gasteiger partial charge >= 0.3 is 0 Å². The molecular formula is C10H24N2O3S. The van der Waals surface area contributed by atoms with Crippen molar-refractivity contribution in [2.75, 3.05) is 32.8 Å². The van der Waals surface area contributed by atoms with Gasteiger partial charge in [-0.1, -0.05) is 27.2 Å². The van der Waals surface area contributed by atoms with Crippen molar-refractivity contribution in [2.24, 2.45) is 0 Å². The fourth-order valence-corrected chi connectivity index (χ4v) is 3.15. The molecule has 5 nitrogen and oxygen atoms in total. The van der Waals surface area contributed by atoms with Crippen LogP contribution in [0.3, 0.4) is 0 Å². The van der Waals surface area contributed by atoms with Crippen molar-refractivity contribution < 1.29 is 13.5 Å². The predicted molar refractivity (Wildman–Crippen MR) is 65.4 cm³/mol. The Bertz CT molecular complexity index is 263. The first-order chi connectivity index (χ1) is 7.54. The number of hydrogen-bond acceptors (Lipinski definition) is 3. The van der Waals surface area contributed by atoms with Gasteiger partial charge in [0.05, 0.1) is 6.61 Å². The van der Waals surface area contributed by atoms with Crippen LogP contribution in [0.2, 0.25) is 0 Å². The topological polar surface area (TPSA) is 60.9 Å². The third kappa shape index (κ3) is 4.37. The highest BCUT2D eigenvalue weighted by atomic mass is 32.2. The molecule has 1 N–H and O–H groups in total. The summed E-state index contributed by atoms with van der Waals surface area (Å²) in [6.07, 6.45) is 1.76. The molecule has 0 spiro atoms. The highest BCUT2D eigenvalue weighted by molar-refractivity contribution is 7.86. The first-order valence-electron chi connectivity index (χ1n) is 5.90. The lowest BCUT2D eigenvalue weighted by Crippen LogP contribution is -2.45. The zero-order valence-corrected chi connectivity index (χ0v) is 11.3. The summed E-state index contributed by atoms with van der Waals surface area (Å²) < 4.78 is 27.0. The Kier molecular flexibility index (Phi) is 7.91. The van der Waals surface area contributed by atoms with E-state index >= 15 is 0 Å². The van der Waals surface area contributed by atoms with Crippen LogP contribution in [0.15, 0.2) is 0 Å². The molecule has 0 rings (SSSR count). The van der Waals surface area contributed by atoms with Crippen LogP contribution in [0, 0.1) is 0 Å². The Morgan fingerprint density at radius 2 is 1.56 bits per heavy atom. The SMILES string of the molecule is CCCCN(CCO)S(=O)(=O)N(CC)CC. The maximum Gasteiger partial charge on any atom is 0.282 e. The summed E-state index contributed by atoms with van der Waals surface area (Å²) in [5, 5.41) is 8.90. The lowest BCUT2D eigenvalue weighted by molar-refractivity contribution is 0.243. The van der Waals surface area contributed by atoms with E-state index in [1.54, 1.807) is 0 Å². The molecule has 0 aromatic rings. The van der Waals surface area contributed by atoms with Gasteiger partial charge < -0.3 is 5.11 Å². The maximum absolute atomic E-state index is 12.1. The van der Waals surface area contributed by atoms with E-state index in [4.69, 9.17) is 5.11 Å². The molecule has 0 saturated carbocycles. The van der Waals surface area contributed by atoms with Gasteiger partial charge in [0, 0.05) is 26.2 Å². The van der Waals surface area contributed by atoms with E-state index in [0.717, 1.165) is 12.8 Å². The highest BCUT2D eigenvalue weighted by Crippen LogP contribution is 2.09. The van der Waals surface area contributed by atoms with Gasteiger partial charge in [-0.25, -0.2) is 0 Å². The van der Waals surface area contributed by atoms with E-state index in [1.807, 2.05) is 20.8 Å². The van der Waals surface area contributed by atoms with Gasteiger partial charge in [0.1, 0.15) is 0 Å². The van der Waals surface area contributed by atoms with Crippen molar-refractivity contribution in [1.29, 1.82) is 0 Å². The molecule has 98 valence electrons. The molecule has 0 aromatic carbocycles. The smallest absolute Gasteiger partial charge is 0.282 e. The van der Waals surface area contributed by atoms with E-state index in [2.05, 4.69) is 0 Å².